The van der Waals surface area contributed by atoms with Crippen LogP contribution in [-0.4, -0.2) is 49.6 Å². The number of rotatable bonds is 11. The number of hydrogen-bond acceptors (Lipinski definition) is 7. The van der Waals surface area contributed by atoms with E-state index in [9.17, 15) is 26.7 Å². The van der Waals surface area contributed by atoms with Gasteiger partial charge in [0, 0.05) is 31.0 Å². The highest BCUT2D eigenvalue weighted by Crippen LogP contribution is 2.24. The van der Waals surface area contributed by atoms with Crippen molar-refractivity contribution >= 4 is 37.4 Å². The average Bonchev–Trinajstić information content (AvgIpc) is 2.83. The quantitative estimate of drug-likeness (QED) is 0.317. The van der Waals surface area contributed by atoms with Crippen molar-refractivity contribution < 1.29 is 26.7 Å². The fourth-order valence-corrected chi connectivity index (χ4v) is 6.36. The van der Waals surface area contributed by atoms with Gasteiger partial charge in [0.25, 0.3) is 0 Å². The van der Waals surface area contributed by atoms with Crippen molar-refractivity contribution in [2.75, 3.05) is 24.6 Å². The minimum absolute atomic E-state index is 0.0395. The zero-order valence-corrected chi connectivity index (χ0v) is 21.2. The summed E-state index contributed by atoms with van der Waals surface area (Å²) in [6.45, 7) is 0.766. The van der Waals surface area contributed by atoms with Crippen molar-refractivity contribution in [3.8, 4) is 0 Å². The Morgan fingerprint density at radius 1 is 0.722 bits per heavy atom. The van der Waals surface area contributed by atoms with Crippen molar-refractivity contribution in [2.45, 2.75) is 29.8 Å². The van der Waals surface area contributed by atoms with Crippen molar-refractivity contribution in [2.24, 2.45) is 0 Å². The highest BCUT2D eigenvalue weighted by atomic mass is 32.2. The molecule has 5 N–H and O–H groups in total. The summed E-state index contributed by atoms with van der Waals surface area (Å²) in [7, 11) is -8.05. The van der Waals surface area contributed by atoms with Gasteiger partial charge in [-0.15, -0.1) is 0 Å². The molecular weight excluding hydrogens is 504 g/mol. The summed E-state index contributed by atoms with van der Waals surface area (Å²) in [6, 6.07) is 18.0. The Balaban J connectivity index is 1.95. The molecule has 0 saturated carbocycles. The number of aliphatic carboxylic acids is 1. The molecule has 3 aromatic carbocycles. The fourth-order valence-electron chi connectivity index (χ4n) is 3.57. The minimum atomic E-state index is -4.18. The molecule has 0 aliphatic heterocycles. The fraction of sp³-hybridized carbons (Fsp3) is 0.208. The Labute approximate surface area is 210 Å². The lowest BCUT2D eigenvalue weighted by Gasteiger charge is -2.25. The van der Waals surface area contributed by atoms with E-state index in [1.807, 2.05) is 0 Å². The van der Waals surface area contributed by atoms with Crippen LogP contribution in [0.15, 0.2) is 82.6 Å². The van der Waals surface area contributed by atoms with Crippen LogP contribution in [0.4, 0.5) is 11.4 Å². The molecular formula is C24H28N4O6S2. The molecule has 0 aliphatic rings. The standard InChI is InChI=1S/C24H28N4O6S2/c1-2-27(35(31,32)22-11-7-20(25)8-12-22)15-18-5-3-4-6-19(18)16-28(17-24(29)30)36(33,34)23-13-9-21(26)10-14-23/h3-14H,2,15-17,25-26H2,1H3,(H,29,30). The predicted octanol–water partition coefficient (Wildman–Crippen LogP) is 2.34. The van der Waals surface area contributed by atoms with Crippen LogP contribution in [0.25, 0.3) is 0 Å². The normalized spacial score (nSPS) is 12.2. The molecule has 0 amide bonds. The number of benzene rings is 3. The zero-order valence-electron chi connectivity index (χ0n) is 19.6. The molecule has 36 heavy (non-hydrogen) atoms. The molecule has 10 nitrogen and oxygen atoms in total. The monoisotopic (exact) mass is 532 g/mol. The van der Waals surface area contributed by atoms with Crippen LogP contribution < -0.4 is 11.5 Å². The van der Waals surface area contributed by atoms with Crippen molar-refractivity contribution in [3.05, 3.63) is 83.9 Å². The van der Waals surface area contributed by atoms with E-state index in [0.717, 1.165) is 4.31 Å². The molecule has 3 rings (SSSR count). The minimum Gasteiger partial charge on any atom is -0.480 e. The molecule has 3 aromatic rings. The van der Waals surface area contributed by atoms with Crippen LogP contribution in [0.2, 0.25) is 0 Å². The molecule has 0 atom stereocenters. The maximum Gasteiger partial charge on any atom is 0.318 e. The van der Waals surface area contributed by atoms with Gasteiger partial charge in [0.2, 0.25) is 20.0 Å². The number of sulfonamides is 2. The molecule has 0 fully saturated rings. The highest BCUT2D eigenvalue weighted by Gasteiger charge is 2.29. The van der Waals surface area contributed by atoms with Gasteiger partial charge in [-0.25, -0.2) is 16.8 Å². The van der Waals surface area contributed by atoms with E-state index in [1.54, 1.807) is 31.2 Å². The first-order valence-electron chi connectivity index (χ1n) is 10.9. The summed E-state index contributed by atoms with van der Waals surface area (Å²) in [5.41, 5.74) is 13.1. The second-order valence-corrected chi connectivity index (χ2v) is 11.9. The van der Waals surface area contributed by atoms with Crippen LogP contribution in [-0.2, 0) is 37.9 Å². The van der Waals surface area contributed by atoms with Gasteiger partial charge in [-0.1, -0.05) is 31.2 Å². The predicted molar refractivity (Wildman–Crippen MR) is 137 cm³/mol. The molecule has 0 heterocycles. The number of carboxylic acids is 1. The molecule has 0 spiro atoms. The van der Waals surface area contributed by atoms with Gasteiger partial charge in [-0.3, -0.25) is 4.79 Å². The lowest BCUT2D eigenvalue weighted by Crippen LogP contribution is -2.36. The molecule has 0 bridgehead atoms. The third-order valence-corrected chi connectivity index (χ3v) is 9.25. The smallest absolute Gasteiger partial charge is 0.318 e. The third kappa shape index (κ3) is 6.21. The second-order valence-electron chi connectivity index (χ2n) is 8.00. The number of nitrogen functional groups attached to an aromatic ring is 2. The Kier molecular flexibility index (Phi) is 8.35. The van der Waals surface area contributed by atoms with Crippen molar-refractivity contribution in [1.29, 1.82) is 0 Å². The number of hydrogen-bond donors (Lipinski definition) is 3. The molecule has 12 heteroatoms. The third-order valence-electron chi connectivity index (χ3n) is 5.51. The number of carbonyl (C=O) groups is 1. The van der Waals surface area contributed by atoms with Crippen LogP contribution in [0.1, 0.15) is 18.1 Å². The van der Waals surface area contributed by atoms with E-state index < -0.39 is 32.6 Å². The van der Waals surface area contributed by atoms with Crippen LogP contribution in [0.3, 0.4) is 0 Å². The van der Waals surface area contributed by atoms with E-state index in [4.69, 9.17) is 11.5 Å². The number of nitrogens with zero attached hydrogens (tertiary/aromatic N) is 2. The van der Waals surface area contributed by atoms with Crippen LogP contribution in [0.5, 0.6) is 0 Å². The Morgan fingerprint density at radius 3 is 1.50 bits per heavy atom. The Morgan fingerprint density at radius 2 is 1.11 bits per heavy atom. The summed E-state index contributed by atoms with van der Waals surface area (Å²) in [5.74, 6) is -1.33. The van der Waals surface area contributed by atoms with Gasteiger partial charge in [0.15, 0.2) is 0 Å². The number of carboxylic acid groups (broad SMARTS) is 1. The molecule has 0 aromatic heterocycles. The SMILES string of the molecule is CCN(Cc1ccccc1CN(CC(=O)O)S(=O)(=O)c1ccc(N)cc1)S(=O)(=O)c1ccc(N)cc1. The van der Waals surface area contributed by atoms with E-state index >= 15 is 0 Å². The first-order chi connectivity index (χ1) is 16.9. The topological polar surface area (TPSA) is 164 Å². The van der Waals surface area contributed by atoms with Crippen LogP contribution in [0, 0.1) is 0 Å². The summed E-state index contributed by atoms with van der Waals surface area (Å²) in [5, 5.41) is 9.40. The van der Waals surface area contributed by atoms with Crippen molar-refractivity contribution in [1.82, 2.24) is 8.61 Å². The summed E-state index contributed by atoms with van der Waals surface area (Å²) in [4.78, 5) is 11.5. The molecule has 192 valence electrons. The van der Waals surface area contributed by atoms with E-state index in [-0.39, 0.29) is 29.4 Å². The first kappa shape index (κ1) is 27.1. The van der Waals surface area contributed by atoms with E-state index in [1.165, 1.54) is 52.8 Å². The lowest BCUT2D eigenvalue weighted by atomic mass is 10.1. The molecule has 0 unspecified atom stereocenters. The van der Waals surface area contributed by atoms with Gasteiger partial charge in [-0.2, -0.15) is 8.61 Å². The second kappa shape index (κ2) is 11.1. The summed E-state index contributed by atoms with van der Waals surface area (Å²) < 4.78 is 55.0. The Hall–Kier alpha value is -3.45. The summed E-state index contributed by atoms with van der Waals surface area (Å²) >= 11 is 0. The van der Waals surface area contributed by atoms with Crippen molar-refractivity contribution in [3.63, 3.8) is 0 Å². The van der Waals surface area contributed by atoms with E-state index in [2.05, 4.69) is 0 Å². The molecule has 0 radical (unpaired) electrons. The van der Waals surface area contributed by atoms with Gasteiger partial charge < -0.3 is 16.6 Å². The van der Waals surface area contributed by atoms with Gasteiger partial charge in [0.05, 0.1) is 9.79 Å². The first-order valence-corrected chi connectivity index (χ1v) is 13.8. The molecule has 0 aliphatic carbocycles. The number of nitrogens with two attached hydrogens (primary N) is 2. The van der Waals surface area contributed by atoms with Gasteiger partial charge >= 0.3 is 5.97 Å². The lowest BCUT2D eigenvalue weighted by molar-refractivity contribution is -0.137. The number of anilines is 2. The molecule has 0 saturated heterocycles. The van der Waals surface area contributed by atoms with Gasteiger partial charge in [0.1, 0.15) is 6.54 Å². The van der Waals surface area contributed by atoms with E-state index in [0.29, 0.717) is 22.5 Å². The zero-order chi connectivity index (χ0) is 26.5. The van der Waals surface area contributed by atoms with Crippen LogP contribution >= 0.6 is 0 Å². The van der Waals surface area contributed by atoms with Gasteiger partial charge in [-0.05, 0) is 59.7 Å². The maximum absolute atomic E-state index is 13.3. The average molecular weight is 533 g/mol. The largest absolute Gasteiger partial charge is 0.480 e. The maximum atomic E-state index is 13.3. The Bertz CT molecular complexity index is 1420. The highest BCUT2D eigenvalue weighted by molar-refractivity contribution is 7.89. The summed E-state index contributed by atoms with van der Waals surface area (Å²) in [6.07, 6.45) is 0.